The molecule has 0 bridgehead atoms. The van der Waals surface area contributed by atoms with Gasteiger partial charge in [-0.1, -0.05) is 37.3 Å². The van der Waals surface area contributed by atoms with Gasteiger partial charge in [-0.15, -0.1) is 0 Å². The first kappa shape index (κ1) is 15.8. The van der Waals surface area contributed by atoms with Gasteiger partial charge in [-0.3, -0.25) is 10.2 Å². The van der Waals surface area contributed by atoms with Crippen LogP contribution in [0.15, 0.2) is 59.7 Å². The molecule has 1 atom stereocenters. The number of hydrogen-bond acceptors (Lipinski definition) is 4. The molecular formula is C18H20N2O2. The molecule has 2 aromatic rings. The second-order valence-electron chi connectivity index (χ2n) is 5.03. The number of hydrazone groups is 1. The normalized spacial score (nSPS) is 12.6. The zero-order chi connectivity index (χ0) is 15.9. The van der Waals surface area contributed by atoms with E-state index in [0.29, 0.717) is 5.71 Å². The Hall–Kier alpha value is -2.62. The molecule has 0 aliphatic rings. The number of rotatable bonds is 6. The molecule has 114 valence electrons. The van der Waals surface area contributed by atoms with Crippen LogP contribution in [0.1, 0.15) is 25.3 Å². The highest BCUT2D eigenvalue weighted by Crippen LogP contribution is 2.21. The maximum Gasteiger partial charge on any atom is 0.176 e. The van der Waals surface area contributed by atoms with Crippen molar-refractivity contribution in [3.63, 3.8) is 0 Å². The van der Waals surface area contributed by atoms with E-state index in [1.54, 1.807) is 7.11 Å². The Morgan fingerprint density at radius 3 is 2.27 bits per heavy atom. The minimum absolute atomic E-state index is 0.0493. The Labute approximate surface area is 130 Å². The van der Waals surface area contributed by atoms with E-state index in [-0.39, 0.29) is 11.7 Å². The molecule has 1 N–H and O–H groups in total. The summed E-state index contributed by atoms with van der Waals surface area (Å²) in [6, 6.07) is 17.2. The van der Waals surface area contributed by atoms with Crippen molar-refractivity contribution in [2.75, 3.05) is 12.5 Å². The summed E-state index contributed by atoms with van der Waals surface area (Å²) in [5.41, 5.74) is 5.30. The zero-order valence-corrected chi connectivity index (χ0v) is 13.0. The molecule has 0 saturated carbocycles. The number of anilines is 1. The van der Waals surface area contributed by atoms with Crippen LogP contribution in [0.5, 0.6) is 5.75 Å². The van der Waals surface area contributed by atoms with E-state index in [0.717, 1.165) is 17.0 Å². The van der Waals surface area contributed by atoms with E-state index in [2.05, 4.69) is 10.5 Å². The van der Waals surface area contributed by atoms with Crippen LogP contribution >= 0.6 is 0 Å². The monoisotopic (exact) mass is 296 g/mol. The summed E-state index contributed by atoms with van der Waals surface area (Å²) in [5, 5.41) is 4.30. The third kappa shape index (κ3) is 3.95. The lowest BCUT2D eigenvalue weighted by atomic mass is 9.94. The van der Waals surface area contributed by atoms with Gasteiger partial charge >= 0.3 is 0 Å². The molecule has 2 rings (SSSR count). The maximum absolute atomic E-state index is 11.9. The molecule has 0 radical (unpaired) electrons. The first-order chi connectivity index (χ1) is 10.6. The fourth-order valence-electron chi connectivity index (χ4n) is 2.17. The molecule has 0 aliphatic carbocycles. The number of nitrogens with one attached hydrogen (secondary N) is 1. The zero-order valence-electron chi connectivity index (χ0n) is 13.0. The maximum atomic E-state index is 11.9. The average Bonchev–Trinajstić information content (AvgIpc) is 2.55. The van der Waals surface area contributed by atoms with Gasteiger partial charge in [-0.25, -0.2) is 0 Å². The first-order valence-electron chi connectivity index (χ1n) is 7.15. The molecule has 0 unspecified atom stereocenters. The Kier molecular flexibility index (Phi) is 5.31. The van der Waals surface area contributed by atoms with Crippen molar-refractivity contribution in [2.45, 2.75) is 19.8 Å². The number of nitrogens with zero attached hydrogens (tertiary/aromatic N) is 1. The molecule has 0 aliphatic heterocycles. The molecular weight excluding hydrogens is 276 g/mol. The fourth-order valence-corrected chi connectivity index (χ4v) is 2.17. The number of carbonyl (C=O) groups excluding carboxylic acids is 1. The number of ketones is 1. The van der Waals surface area contributed by atoms with E-state index >= 15 is 0 Å². The predicted octanol–water partition coefficient (Wildman–Crippen LogP) is 3.86. The summed E-state index contributed by atoms with van der Waals surface area (Å²) in [6.45, 7) is 3.50. The summed E-state index contributed by atoms with van der Waals surface area (Å²) >= 11 is 0. The van der Waals surface area contributed by atoms with Crippen LogP contribution in [0.25, 0.3) is 0 Å². The Balaban J connectivity index is 2.20. The Bertz CT molecular complexity index is 649. The fraction of sp³-hybridized carbons (Fsp3) is 0.222. The molecule has 0 heterocycles. The van der Waals surface area contributed by atoms with Crippen LogP contribution in [-0.4, -0.2) is 18.6 Å². The van der Waals surface area contributed by atoms with Crippen molar-refractivity contribution < 1.29 is 9.53 Å². The second kappa shape index (κ2) is 7.41. The van der Waals surface area contributed by atoms with E-state index in [1.807, 2.05) is 61.5 Å². The largest absolute Gasteiger partial charge is 0.497 e. The van der Waals surface area contributed by atoms with E-state index in [4.69, 9.17) is 4.74 Å². The van der Waals surface area contributed by atoms with Crippen LogP contribution in [0.2, 0.25) is 0 Å². The molecule has 2 aromatic carbocycles. The topological polar surface area (TPSA) is 50.7 Å². The smallest absolute Gasteiger partial charge is 0.176 e. The van der Waals surface area contributed by atoms with Crippen LogP contribution in [0.3, 0.4) is 0 Å². The van der Waals surface area contributed by atoms with E-state index < -0.39 is 0 Å². The van der Waals surface area contributed by atoms with E-state index in [1.165, 1.54) is 6.92 Å². The molecule has 0 amide bonds. The van der Waals surface area contributed by atoms with Gasteiger partial charge in [0.15, 0.2) is 5.78 Å². The number of methoxy groups -OCH3 is 1. The lowest BCUT2D eigenvalue weighted by Crippen LogP contribution is -2.19. The summed E-state index contributed by atoms with van der Waals surface area (Å²) in [7, 11) is 1.63. The summed E-state index contributed by atoms with van der Waals surface area (Å²) in [5.74, 6) is 0.644. The quantitative estimate of drug-likeness (QED) is 0.650. The number of hydrogen-bond donors (Lipinski definition) is 1. The number of para-hydroxylation sites is 1. The molecule has 0 spiro atoms. The van der Waals surface area contributed by atoms with Gasteiger partial charge in [0.25, 0.3) is 0 Å². The van der Waals surface area contributed by atoms with Gasteiger partial charge in [0.2, 0.25) is 0 Å². The third-order valence-electron chi connectivity index (χ3n) is 3.47. The molecule has 0 saturated heterocycles. The molecule has 4 nitrogen and oxygen atoms in total. The highest BCUT2D eigenvalue weighted by Gasteiger charge is 2.17. The van der Waals surface area contributed by atoms with Gasteiger partial charge in [0, 0.05) is 12.8 Å². The molecule has 22 heavy (non-hydrogen) atoms. The third-order valence-corrected chi connectivity index (χ3v) is 3.47. The van der Waals surface area contributed by atoms with Crippen LogP contribution < -0.4 is 10.2 Å². The van der Waals surface area contributed by atoms with E-state index in [9.17, 15) is 4.79 Å². The summed E-state index contributed by atoms with van der Waals surface area (Å²) in [6.07, 6.45) is 0. The Morgan fingerprint density at radius 2 is 1.73 bits per heavy atom. The molecule has 0 fully saturated rings. The number of carbonyl (C=O) groups is 1. The first-order valence-corrected chi connectivity index (χ1v) is 7.15. The Morgan fingerprint density at radius 1 is 1.09 bits per heavy atom. The van der Waals surface area contributed by atoms with Crippen molar-refractivity contribution in [2.24, 2.45) is 5.10 Å². The van der Waals surface area contributed by atoms with Crippen molar-refractivity contribution in [3.8, 4) is 5.75 Å². The second-order valence-corrected chi connectivity index (χ2v) is 5.03. The predicted molar refractivity (Wildman–Crippen MR) is 89.6 cm³/mol. The van der Waals surface area contributed by atoms with Gasteiger partial charge in [0.05, 0.1) is 12.8 Å². The van der Waals surface area contributed by atoms with Crippen LogP contribution in [0.4, 0.5) is 5.69 Å². The lowest BCUT2D eigenvalue weighted by Gasteiger charge is -2.14. The highest BCUT2D eigenvalue weighted by molar-refractivity contribution is 6.41. The molecule has 4 heteroatoms. The van der Waals surface area contributed by atoms with Crippen LogP contribution in [0, 0.1) is 0 Å². The minimum atomic E-state index is -0.0976. The van der Waals surface area contributed by atoms with Crippen molar-refractivity contribution >= 4 is 17.2 Å². The number of benzene rings is 2. The number of Topliss-reactive ketones (excluding diaryl/α,β-unsaturated/α-hetero) is 1. The minimum Gasteiger partial charge on any atom is -0.497 e. The summed E-state index contributed by atoms with van der Waals surface area (Å²) < 4.78 is 5.15. The lowest BCUT2D eigenvalue weighted by molar-refractivity contribution is -0.111. The molecule has 0 aromatic heterocycles. The summed E-state index contributed by atoms with van der Waals surface area (Å²) in [4.78, 5) is 11.9. The van der Waals surface area contributed by atoms with Crippen LogP contribution in [-0.2, 0) is 4.79 Å². The van der Waals surface area contributed by atoms with Gasteiger partial charge in [-0.2, -0.15) is 5.10 Å². The van der Waals surface area contributed by atoms with Gasteiger partial charge in [-0.05, 0) is 29.8 Å². The van der Waals surface area contributed by atoms with Gasteiger partial charge < -0.3 is 4.74 Å². The SMILES string of the molecule is COc1ccc([C@H](C)/C(=N\Nc2ccccc2)C(C)=O)cc1. The van der Waals surface area contributed by atoms with Crippen molar-refractivity contribution in [1.82, 2.24) is 0 Å². The van der Waals surface area contributed by atoms with Crippen molar-refractivity contribution in [3.05, 3.63) is 60.2 Å². The standard InChI is InChI=1S/C18H20N2O2/c1-13(15-9-11-17(22-3)12-10-15)18(14(2)21)20-19-16-7-5-4-6-8-16/h4-13,19H,1-3H3/b20-18+/t13-/m0/s1. The van der Waals surface area contributed by atoms with Gasteiger partial charge in [0.1, 0.15) is 11.5 Å². The number of ether oxygens (including phenoxy) is 1. The average molecular weight is 296 g/mol. The highest BCUT2D eigenvalue weighted by atomic mass is 16.5. The van der Waals surface area contributed by atoms with Crippen molar-refractivity contribution in [1.29, 1.82) is 0 Å².